The number of anilines is 1. The molecule has 3 aromatic rings. The second-order valence-corrected chi connectivity index (χ2v) is 10.8. The van der Waals surface area contributed by atoms with E-state index in [0.717, 1.165) is 12.8 Å². The standard InChI is InChI=1S/C22H28ClN7O5S/c1-14(19(34-3)20-24-10-16(23)11-25-20)36(31,32)29-22-28-27-21(17-7-4-8-18(26-17)33-2)30(22)12-15-6-5-9-35-13-15/h4,7-8,10-11,14-15,19H,5-6,9,12-13H2,1-3H3,(H,28,29)/t14-,15-,19-/m0/s1. The molecule has 0 aliphatic carbocycles. The summed E-state index contributed by atoms with van der Waals surface area (Å²) in [5, 5.41) is 7.69. The van der Waals surface area contributed by atoms with E-state index >= 15 is 0 Å². The third-order valence-electron chi connectivity index (χ3n) is 5.91. The molecule has 0 unspecified atom stereocenters. The number of hydrogen-bond acceptors (Lipinski definition) is 10. The van der Waals surface area contributed by atoms with Crippen molar-refractivity contribution in [2.75, 3.05) is 32.2 Å². The summed E-state index contributed by atoms with van der Waals surface area (Å²) in [5.74, 6) is 1.24. The Morgan fingerprint density at radius 3 is 2.69 bits per heavy atom. The number of methoxy groups -OCH3 is 2. The van der Waals surface area contributed by atoms with Crippen molar-refractivity contribution in [1.82, 2.24) is 29.7 Å². The first-order chi connectivity index (χ1) is 17.3. The third-order valence-corrected chi connectivity index (χ3v) is 7.79. The van der Waals surface area contributed by atoms with Crippen LogP contribution < -0.4 is 9.46 Å². The molecule has 0 saturated carbocycles. The summed E-state index contributed by atoms with van der Waals surface area (Å²) in [7, 11) is -1.10. The number of rotatable bonds is 10. The van der Waals surface area contributed by atoms with Gasteiger partial charge in [0.05, 0.1) is 18.7 Å². The molecule has 14 heteroatoms. The van der Waals surface area contributed by atoms with Crippen molar-refractivity contribution in [3.05, 3.63) is 41.4 Å². The van der Waals surface area contributed by atoms with Gasteiger partial charge in [-0.05, 0) is 25.8 Å². The Bertz CT molecular complexity index is 1270. The number of nitrogens with zero attached hydrogens (tertiary/aromatic N) is 6. The number of hydrogen-bond donors (Lipinski definition) is 1. The Hall–Kier alpha value is -2.87. The van der Waals surface area contributed by atoms with Gasteiger partial charge in [0, 0.05) is 44.6 Å². The molecule has 0 bridgehead atoms. The molecule has 194 valence electrons. The number of ether oxygens (including phenoxy) is 3. The second-order valence-electron chi connectivity index (χ2n) is 8.37. The van der Waals surface area contributed by atoms with E-state index in [1.807, 2.05) is 0 Å². The summed E-state index contributed by atoms with van der Waals surface area (Å²) in [6, 6.07) is 5.26. The summed E-state index contributed by atoms with van der Waals surface area (Å²) >= 11 is 5.87. The van der Waals surface area contributed by atoms with Crippen LogP contribution in [0.15, 0.2) is 30.6 Å². The predicted molar refractivity (Wildman–Crippen MR) is 132 cm³/mol. The topological polar surface area (TPSA) is 143 Å². The Morgan fingerprint density at radius 1 is 1.25 bits per heavy atom. The van der Waals surface area contributed by atoms with Crippen LogP contribution >= 0.6 is 11.6 Å². The molecule has 1 aliphatic rings. The molecule has 4 heterocycles. The average Bonchev–Trinajstić information content (AvgIpc) is 3.27. The zero-order valence-electron chi connectivity index (χ0n) is 20.2. The molecule has 1 N–H and O–H groups in total. The van der Waals surface area contributed by atoms with Crippen LogP contribution in [0.3, 0.4) is 0 Å². The first-order valence-corrected chi connectivity index (χ1v) is 13.3. The van der Waals surface area contributed by atoms with Gasteiger partial charge in [-0.2, -0.15) is 0 Å². The lowest BCUT2D eigenvalue weighted by Crippen LogP contribution is -2.34. The molecule has 1 aliphatic heterocycles. The van der Waals surface area contributed by atoms with Gasteiger partial charge in [-0.15, -0.1) is 10.2 Å². The Balaban J connectivity index is 1.66. The summed E-state index contributed by atoms with van der Waals surface area (Å²) in [4.78, 5) is 12.7. The lowest BCUT2D eigenvalue weighted by Gasteiger charge is -2.25. The van der Waals surface area contributed by atoms with Crippen LogP contribution in [0.5, 0.6) is 5.88 Å². The first kappa shape index (κ1) is 26.2. The first-order valence-electron chi connectivity index (χ1n) is 11.4. The third kappa shape index (κ3) is 5.91. The number of sulfonamides is 1. The normalized spacial score (nSPS) is 17.9. The highest BCUT2D eigenvalue weighted by atomic mass is 35.5. The van der Waals surface area contributed by atoms with E-state index in [4.69, 9.17) is 25.8 Å². The molecule has 3 aromatic heterocycles. The maximum Gasteiger partial charge on any atom is 0.240 e. The number of nitrogens with one attached hydrogen (secondary N) is 1. The minimum Gasteiger partial charge on any atom is -0.481 e. The van der Waals surface area contributed by atoms with E-state index in [1.54, 1.807) is 22.8 Å². The Labute approximate surface area is 214 Å². The van der Waals surface area contributed by atoms with E-state index in [9.17, 15) is 8.42 Å². The summed E-state index contributed by atoms with van der Waals surface area (Å²) < 4.78 is 47.4. The van der Waals surface area contributed by atoms with Gasteiger partial charge in [0.1, 0.15) is 17.0 Å². The van der Waals surface area contributed by atoms with Gasteiger partial charge < -0.3 is 14.2 Å². The van der Waals surface area contributed by atoms with Gasteiger partial charge in [0.2, 0.25) is 21.9 Å². The summed E-state index contributed by atoms with van der Waals surface area (Å²) in [5.41, 5.74) is 0.501. The maximum atomic E-state index is 13.4. The van der Waals surface area contributed by atoms with Crippen molar-refractivity contribution in [3.63, 3.8) is 0 Å². The molecular formula is C22H28ClN7O5S. The minimum absolute atomic E-state index is 0.0684. The number of aromatic nitrogens is 6. The maximum absolute atomic E-state index is 13.4. The lowest BCUT2D eigenvalue weighted by atomic mass is 10.0. The van der Waals surface area contributed by atoms with Gasteiger partial charge in [-0.1, -0.05) is 17.7 Å². The van der Waals surface area contributed by atoms with Crippen LogP contribution in [0.4, 0.5) is 5.95 Å². The fraction of sp³-hybridized carbons (Fsp3) is 0.500. The average molecular weight is 538 g/mol. The Morgan fingerprint density at radius 2 is 2.03 bits per heavy atom. The SMILES string of the molecule is COc1cccc(-c2nnc(NS(=O)(=O)[C@@H](C)[C@H](OC)c3ncc(Cl)cn3)n2C[C@@H]2CCCOC2)n1. The molecule has 1 saturated heterocycles. The van der Waals surface area contributed by atoms with Gasteiger partial charge in [-0.25, -0.2) is 23.4 Å². The Kier molecular flexibility index (Phi) is 8.34. The molecular weight excluding hydrogens is 510 g/mol. The molecule has 0 spiro atoms. The molecule has 1 fully saturated rings. The summed E-state index contributed by atoms with van der Waals surface area (Å²) in [6.45, 7) is 3.23. The zero-order valence-corrected chi connectivity index (χ0v) is 21.7. The van der Waals surface area contributed by atoms with E-state index in [1.165, 1.54) is 33.5 Å². The van der Waals surface area contributed by atoms with Gasteiger partial charge in [0.15, 0.2) is 11.6 Å². The highest BCUT2D eigenvalue weighted by Gasteiger charge is 2.34. The molecule has 12 nitrogen and oxygen atoms in total. The van der Waals surface area contributed by atoms with Crippen molar-refractivity contribution in [2.45, 2.75) is 37.7 Å². The molecule has 0 aromatic carbocycles. The molecule has 3 atom stereocenters. The number of pyridine rings is 1. The largest absolute Gasteiger partial charge is 0.481 e. The minimum atomic E-state index is -4.02. The molecule has 0 radical (unpaired) electrons. The molecule has 4 rings (SSSR count). The molecule has 36 heavy (non-hydrogen) atoms. The van der Waals surface area contributed by atoms with Crippen molar-refractivity contribution < 1.29 is 22.6 Å². The number of halogens is 1. The fourth-order valence-electron chi connectivity index (χ4n) is 3.96. The van der Waals surface area contributed by atoms with Crippen LogP contribution in [0.1, 0.15) is 31.7 Å². The van der Waals surface area contributed by atoms with Crippen molar-refractivity contribution in [1.29, 1.82) is 0 Å². The zero-order chi connectivity index (χ0) is 25.7. The van der Waals surface area contributed by atoms with Crippen LogP contribution in [0.2, 0.25) is 5.02 Å². The van der Waals surface area contributed by atoms with Gasteiger partial charge in [0.25, 0.3) is 0 Å². The van der Waals surface area contributed by atoms with E-state index in [-0.39, 0.29) is 17.7 Å². The van der Waals surface area contributed by atoms with E-state index < -0.39 is 21.4 Å². The molecule has 0 amide bonds. The smallest absolute Gasteiger partial charge is 0.240 e. The van der Waals surface area contributed by atoms with Crippen molar-refractivity contribution in [3.8, 4) is 17.4 Å². The predicted octanol–water partition coefficient (Wildman–Crippen LogP) is 2.74. The van der Waals surface area contributed by atoms with E-state index in [2.05, 4.69) is 29.9 Å². The van der Waals surface area contributed by atoms with Crippen molar-refractivity contribution >= 4 is 27.6 Å². The van der Waals surface area contributed by atoms with Gasteiger partial charge >= 0.3 is 0 Å². The monoisotopic (exact) mass is 537 g/mol. The fourth-order valence-corrected chi connectivity index (χ4v) is 5.21. The quantitative estimate of drug-likeness (QED) is 0.410. The van der Waals surface area contributed by atoms with Crippen LogP contribution in [-0.2, 0) is 26.0 Å². The second kappa shape index (κ2) is 11.5. The van der Waals surface area contributed by atoms with E-state index in [0.29, 0.717) is 42.2 Å². The lowest BCUT2D eigenvalue weighted by molar-refractivity contribution is 0.0487. The van der Waals surface area contributed by atoms with Gasteiger partial charge in [-0.3, -0.25) is 9.29 Å². The highest BCUT2D eigenvalue weighted by molar-refractivity contribution is 7.93. The van der Waals surface area contributed by atoms with Crippen LogP contribution in [0.25, 0.3) is 11.5 Å². The highest BCUT2D eigenvalue weighted by Crippen LogP contribution is 2.28. The van der Waals surface area contributed by atoms with Crippen molar-refractivity contribution in [2.24, 2.45) is 5.92 Å². The summed E-state index contributed by atoms with van der Waals surface area (Å²) in [6.07, 6.45) is 3.69. The van der Waals surface area contributed by atoms with Crippen LogP contribution in [0, 0.1) is 5.92 Å². The van der Waals surface area contributed by atoms with Crippen LogP contribution in [-0.4, -0.2) is 70.8 Å².